The summed E-state index contributed by atoms with van der Waals surface area (Å²) >= 11 is 0. The molecule has 0 bridgehead atoms. The first-order valence-electron chi connectivity index (χ1n) is 5.76. The molecule has 18 heavy (non-hydrogen) atoms. The molecule has 1 rings (SSSR count). The fourth-order valence-corrected chi connectivity index (χ4v) is 1.80. The van der Waals surface area contributed by atoms with Gasteiger partial charge in [-0.25, -0.2) is 4.79 Å². The van der Waals surface area contributed by atoms with Gasteiger partial charge in [-0.05, 0) is 6.42 Å². The Balaban J connectivity index is 2.44. The van der Waals surface area contributed by atoms with Crippen LogP contribution >= 0.6 is 0 Å². The average Bonchev–Trinajstić information content (AvgIpc) is 2.77. The summed E-state index contributed by atoms with van der Waals surface area (Å²) in [6.07, 6.45) is 3.52. The average molecular weight is 258 g/mol. The number of hydrogen-bond donors (Lipinski definition) is 4. The highest BCUT2D eigenvalue weighted by molar-refractivity contribution is 5.76. The molecule has 0 fully saturated rings. The number of carboxylic acid groups (broad SMARTS) is 1. The third kappa shape index (κ3) is 4.01. The molecule has 4 N–H and O–H groups in total. The number of carboxylic acids is 1. The number of hydrogen-bond acceptors (Lipinski definition) is 4. The van der Waals surface area contributed by atoms with Crippen molar-refractivity contribution in [2.45, 2.75) is 12.5 Å². The van der Waals surface area contributed by atoms with Crippen molar-refractivity contribution in [1.82, 2.24) is 10.2 Å². The minimum Gasteiger partial charge on any atom is -0.481 e. The van der Waals surface area contributed by atoms with Crippen LogP contribution in [0.25, 0.3) is 0 Å². The predicted molar refractivity (Wildman–Crippen MR) is 62.9 cm³/mol. The van der Waals surface area contributed by atoms with Gasteiger partial charge >= 0.3 is 12.0 Å². The van der Waals surface area contributed by atoms with Crippen LogP contribution in [-0.4, -0.2) is 64.6 Å². The van der Waals surface area contributed by atoms with Crippen LogP contribution in [0.3, 0.4) is 0 Å². The molecule has 1 aliphatic rings. The number of nitrogens with zero attached hydrogens (tertiary/aromatic N) is 1. The van der Waals surface area contributed by atoms with Crippen molar-refractivity contribution in [3.05, 3.63) is 12.2 Å². The smallest absolute Gasteiger partial charge is 0.318 e. The number of aliphatic hydroxyl groups excluding tert-OH is 2. The maximum Gasteiger partial charge on any atom is 0.318 e. The lowest BCUT2D eigenvalue weighted by atomic mass is 10.1. The number of carbonyl (C=O) groups excluding carboxylic acids is 1. The molecule has 2 atom stereocenters. The number of rotatable bonds is 6. The summed E-state index contributed by atoms with van der Waals surface area (Å²) in [5.74, 6) is -1.48. The molecular formula is C11H18N2O5. The normalized spacial score (nSPS) is 21.9. The molecule has 0 saturated carbocycles. The Morgan fingerprint density at radius 2 is 1.83 bits per heavy atom. The lowest BCUT2D eigenvalue weighted by Gasteiger charge is -2.23. The van der Waals surface area contributed by atoms with Crippen LogP contribution < -0.4 is 5.32 Å². The van der Waals surface area contributed by atoms with Crippen molar-refractivity contribution in [2.75, 3.05) is 26.3 Å². The van der Waals surface area contributed by atoms with Gasteiger partial charge in [0.05, 0.1) is 25.2 Å². The number of amides is 2. The summed E-state index contributed by atoms with van der Waals surface area (Å²) in [5, 5.41) is 29.0. The van der Waals surface area contributed by atoms with Crippen LogP contribution in [0.2, 0.25) is 0 Å². The molecule has 0 aliphatic heterocycles. The zero-order valence-corrected chi connectivity index (χ0v) is 9.95. The van der Waals surface area contributed by atoms with Gasteiger partial charge in [-0.1, -0.05) is 12.2 Å². The fourth-order valence-electron chi connectivity index (χ4n) is 1.80. The summed E-state index contributed by atoms with van der Waals surface area (Å²) in [6.45, 7) is -0.117. The van der Waals surface area contributed by atoms with Gasteiger partial charge in [0, 0.05) is 13.1 Å². The molecule has 0 aromatic carbocycles. The fraction of sp³-hybridized carbons (Fsp3) is 0.636. The quantitative estimate of drug-likeness (QED) is 0.457. The second kappa shape index (κ2) is 6.97. The molecule has 0 radical (unpaired) electrons. The standard InChI is InChI=1S/C11H18N2O5/c14-5-3-13(4-6-15)11(18)12-9-2-1-8(7-9)10(16)17/h1-2,8-9,14-15H,3-7H2,(H,12,18)(H,16,17). The molecule has 7 nitrogen and oxygen atoms in total. The Bertz CT molecular complexity index is 325. The van der Waals surface area contributed by atoms with Crippen LogP contribution in [0, 0.1) is 5.92 Å². The van der Waals surface area contributed by atoms with Crippen LogP contribution in [-0.2, 0) is 4.79 Å². The second-order valence-electron chi connectivity index (χ2n) is 4.06. The van der Waals surface area contributed by atoms with Gasteiger partial charge in [0.25, 0.3) is 0 Å². The van der Waals surface area contributed by atoms with Gasteiger partial charge in [-0.3, -0.25) is 4.79 Å². The van der Waals surface area contributed by atoms with E-state index >= 15 is 0 Å². The van der Waals surface area contributed by atoms with E-state index in [4.69, 9.17) is 15.3 Å². The summed E-state index contributed by atoms with van der Waals surface area (Å²) in [6, 6.07) is -0.739. The highest BCUT2D eigenvalue weighted by Gasteiger charge is 2.26. The molecule has 2 unspecified atom stereocenters. The first kappa shape index (κ1) is 14.5. The number of nitrogens with one attached hydrogen (secondary N) is 1. The predicted octanol–water partition coefficient (Wildman–Crippen LogP) is -0.988. The Morgan fingerprint density at radius 3 is 2.28 bits per heavy atom. The van der Waals surface area contributed by atoms with Gasteiger partial charge in [0.1, 0.15) is 0 Å². The molecule has 0 saturated heterocycles. The maximum atomic E-state index is 11.8. The Kier molecular flexibility index (Phi) is 5.60. The second-order valence-corrected chi connectivity index (χ2v) is 4.06. The molecule has 7 heteroatoms. The molecule has 0 aromatic rings. The van der Waals surface area contributed by atoms with E-state index in [1.165, 1.54) is 4.90 Å². The molecule has 2 amide bonds. The minimum atomic E-state index is -0.912. The SMILES string of the molecule is O=C(O)C1C=CC(NC(=O)N(CCO)CCO)C1. The third-order valence-corrected chi connectivity index (χ3v) is 2.74. The van der Waals surface area contributed by atoms with Crippen molar-refractivity contribution in [1.29, 1.82) is 0 Å². The molecule has 102 valence electrons. The zero-order chi connectivity index (χ0) is 13.5. The van der Waals surface area contributed by atoms with Gasteiger partial charge in [-0.15, -0.1) is 0 Å². The third-order valence-electron chi connectivity index (χ3n) is 2.74. The maximum absolute atomic E-state index is 11.8. The highest BCUT2D eigenvalue weighted by atomic mass is 16.4. The van der Waals surface area contributed by atoms with Gasteiger partial charge in [0.2, 0.25) is 0 Å². The van der Waals surface area contributed by atoms with E-state index in [9.17, 15) is 9.59 Å². The van der Waals surface area contributed by atoms with E-state index in [1.807, 2.05) is 0 Å². The Labute approximate surface area is 105 Å². The Hall–Kier alpha value is -1.60. The highest BCUT2D eigenvalue weighted by Crippen LogP contribution is 2.18. The largest absolute Gasteiger partial charge is 0.481 e. The number of aliphatic carboxylic acids is 1. The van der Waals surface area contributed by atoms with Gasteiger partial charge in [0.15, 0.2) is 0 Å². The van der Waals surface area contributed by atoms with E-state index in [0.717, 1.165) is 0 Å². The first-order chi connectivity index (χ1) is 8.58. The first-order valence-corrected chi connectivity index (χ1v) is 5.76. The van der Waals surface area contributed by atoms with Crippen molar-refractivity contribution < 1.29 is 24.9 Å². The van der Waals surface area contributed by atoms with E-state index < -0.39 is 17.9 Å². The molecule has 0 aromatic heterocycles. The molecule has 1 aliphatic carbocycles. The summed E-state index contributed by atoms with van der Waals surface area (Å²) in [4.78, 5) is 23.8. The lowest BCUT2D eigenvalue weighted by molar-refractivity contribution is -0.140. The Morgan fingerprint density at radius 1 is 1.22 bits per heavy atom. The summed E-state index contributed by atoms with van der Waals surface area (Å²) in [5.41, 5.74) is 0. The van der Waals surface area contributed by atoms with Crippen LogP contribution in [0.4, 0.5) is 4.79 Å². The van der Waals surface area contributed by atoms with Crippen LogP contribution in [0.1, 0.15) is 6.42 Å². The van der Waals surface area contributed by atoms with E-state index in [1.54, 1.807) is 12.2 Å². The van der Waals surface area contributed by atoms with Gasteiger partial charge in [-0.2, -0.15) is 0 Å². The lowest BCUT2D eigenvalue weighted by Crippen LogP contribution is -2.46. The topological polar surface area (TPSA) is 110 Å². The van der Waals surface area contributed by atoms with E-state index in [0.29, 0.717) is 6.42 Å². The molecular weight excluding hydrogens is 240 g/mol. The zero-order valence-electron chi connectivity index (χ0n) is 9.95. The van der Waals surface area contributed by atoms with Crippen molar-refractivity contribution in [3.8, 4) is 0 Å². The number of urea groups is 1. The number of aliphatic hydroxyl groups is 2. The molecule has 0 spiro atoms. The summed E-state index contributed by atoms with van der Waals surface area (Å²) in [7, 11) is 0. The van der Waals surface area contributed by atoms with Crippen molar-refractivity contribution in [2.24, 2.45) is 5.92 Å². The minimum absolute atomic E-state index is 0.130. The van der Waals surface area contributed by atoms with E-state index in [2.05, 4.69) is 5.32 Å². The number of carbonyl (C=O) groups is 2. The van der Waals surface area contributed by atoms with Crippen molar-refractivity contribution in [3.63, 3.8) is 0 Å². The van der Waals surface area contributed by atoms with Crippen molar-refractivity contribution >= 4 is 12.0 Å². The van der Waals surface area contributed by atoms with Crippen LogP contribution in [0.15, 0.2) is 12.2 Å². The monoisotopic (exact) mass is 258 g/mol. The van der Waals surface area contributed by atoms with Gasteiger partial charge < -0.3 is 25.5 Å². The van der Waals surface area contributed by atoms with E-state index in [-0.39, 0.29) is 32.3 Å². The van der Waals surface area contributed by atoms with Crippen LogP contribution in [0.5, 0.6) is 0 Å². The molecule has 0 heterocycles. The summed E-state index contributed by atoms with van der Waals surface area (Å²) < 4.78 is 0.